The van der Waals surface area contributed by atoms with Crippen molar-refractivity contribution < 1.29 is 24.1 Å². The number of ether oxygens (including phenoxy) is 4. The first-order chi connectivity index (χ1) is 28.7. The number of allylic oxidation sites excluding steroid dienone is 2. The number of hydrogen-bond donors (Lipinski definition) is 1. The van der Waals surface area contributed by atoms with E-state index in [2.05, 4.69) is 148 Å². The Bertz CT molecular complexity index is 2030. The predicted octanol–water partition coefficient (Wildman–Crippen LogP) is 10.5. The molecular weight excluding hydrogens is 761 g/mol. The largest absolute Gasteiger partial charge is 0.497 e. The van der Waals surface area contributed by atoms with Gasteiger partial charge in [0.1, 0.15) is 5.75 Å². The number of aliphatic hydroxyl groups excluding tert-OH is 1. The van der Waals surface area contributed by atoms with Crippen LogP contribution in [-0.2, 0) is 34.0 Å². The maximum Gasteiger partial charge on any atom is 0.118 e. The van der Waals surface area contributed by atoms with Crippen LogP contribution >= 0.6 is 0 Å². The average Bonchev–Trinajstić information content (AvgIpc) is 3.90. The monoisotopic (exact) mass is 824 g/mol. The molecule has 0 amide bonds. The normalized spacial score (nSPS) is 19.1. The fraction of sp³-hybridized carbons (Fsp3) is 0.346. The molecule has 0 aromatic heterocycles. The summed E-state index contributed by atoms with van der Waals surface area (Å²) >= 11 is 0. The van der Waals surface area contributed by atoms with Gasteiger partial charge in [-0.05, 0) is 63.9 Å². The van der Waals surface area contributed by atoms with E-state index in [1.807, 2.05) is 36.4 Å². The molecule has 1 N–H and O–H groups in total. The van der Waals surface area contributed by atoms with Crippen LogP contribution in [0.5, 0.6) is 5.75 Å². The Kier molecular flexibility index (Phi) is 16.3. The molecule has 7 rings (SSSR count). The second kappa shape index (κ2) is 21.8. The highest BCUT2D eigenvalue weighted by Gasteiger charge is 2.43. The summed E-state index contributed by atoms with van der Waals surface area (Å²) in [6.45, 7) is 14.0. The highest BCUT2D eigenvalue weighted by molar-refractivity contribution is 6.91. The minimum Gasteiger partial charge on any atom is -0.497 e. The molecule has 2 aliphatic rings. The zero-order valence-electron chi connectivity index (χ0n) is 35.8. The second-order valence-electron chi connectivity index (χ2n) is 17.1. The zero-order valence-corrected chi connectivity index (χ0v) is 37.8. The van der Waals surface area contributed by atoms with Crippen LogP contribution in [0.3, 0.4) is 0 Å². The maximum atomic E-state index is 9.80. The molecule has 0 saturated heterocycles. The van der Waals surface area contributed by atoms with E-state index in [0.29, 0.717) is 56.0 Å². The van der Waals surface area contributed by atoms with Crippen molar-refractivity contribution in [3.63, 3.8) is 0 Å². The van der Waals surface area contributed by atoms with Gasteiger partial charge in [-0.15, -0.1) is 0 Å². The molecule has 59 heavy (non-hydrogen) atoms. The molecule has 2 unspecified atom stereocenters. The predicted molar refractivity (Wildman–Crippen MR) is 249 cm³/mol. The van der Waals surface area contributed by atoms with Crippen LogP contribution in [0.1, 0.15) is 29.5 Å². The Morgan fingerprint density at radius 2 is 0.864 bits per heavy atom. The van der Waals surface area contributed by atoms with Gasteiger partial charge >= 0.3 is 0 Å². The van der Waals surface area contributed by atoms with Crippen LogP contribution in [0.15, 0.2) is 169 Å². The first-order valence-corrected chi connectivity index (χ1v) is 27.4. The zero-order chi connectivity index (χ0) is 41.5. The van der Waals surface area contributed by atoms with Crippen molar-refractivity contribution in [3.05, 3.63) is 186 Å². The number of benzene rings is 5. The van der Waals surface area contributed by atoms with Gasteiger partial charge in [-0.25, -0.2) is 0 Å². The van der Waals surface area contributed by atoms with Crippen LogP contribution < -0.4 is 15.1 Å². The Morgan fingerprint density at radius 3 is 1.31 bits per heavy atom. The first-order valence-electron chi connectivity index (χ1n) is 21.2. The second-order valence-corrected chi connectivity index (χ2v) is 26.7. The molecule has 5 aromatic carbocycles. The van der Waals surface area contributed by atoms with E-state index in [1.165, 1.54) is 27.1 Å². The maximum absolute atomic E-state index is 9.80. The number of hydrogen-bond acceptors (Lipinski definition) is 5. The molecular formula is C52H64O5Si2. The van der Waals surface area contributed by atoms with E-state index in [0.717, 1.165) is 36.3 Å². The molecule has 0 spiro atoms. The molecule has 310 valence electrons. The summed E-state index contributed by atoms with van der Waals surface area (Å²) in [6, 6.07) is 50.8. The summed E-state index contributed by atoms with van der Waals surface area (Å²) in [6.07, 6.45) is 6.84. The van der Waals surface area contributed by atoms with Gasteiger partial charge < -0.3 is 24.1 Å². The Balaban J connectivity index is 0.000000208. The lowest BCUT2D eigenvalue weighted by Gasteiger charge is -2.36. The lowest BCUT2D eigenvalue weighted by atomic mass is 10.0. The van der Waals surface area contributed by atoms with Crippen LogP contribution in [-0.4, -0.2) is 54.8 Å². The van der Waals surface area contributed by atoms with Crippen molar-refractivity contribution in [2.24, 2.45) is 11.8 Å². The van der Waals surface area contributed by atoms with Gasteiger partial charge in [0.25, 0.3) is 0 Å². The standard InChI is InChI=1S/C30H36O3Si.C22H28O2Si/c1-31-27-17-14-25(15-18-27)21-32-22-26-16-19-30(34(2,3)28-12-8-5-9-13-28)29(26)23-33-20-24-10-6-4-7-11-24;1-25(2,20-11-7-4-8-12-20)22-14-13-19(15-23)21(22)17-24-16-18-9-5-3-6-10-18/h4-18,29-30H,19-23H2,1-3H3;3-13,21-23H,14-17H2,1-2H3/t29-,30?;21-,22?/m00/s1. The third-order valence-electron chi connectivity index (χ3n) is 12.8. The number of methoxy groups -OCH3 is 1. The fourth-order valence-electron chi connectivity index (χ4n) is 9.02. The third kappa shape index (κ3) is 11.9. The quantitative estimate of drug-likeness (QED) is 0.0705. The van der Waals surface area contributed by atoms with Gasteiger partial charge in [-0.3, -0.25) is 0 Å². The minimum atomic E-state index is -1.70. The molecule has 0 bridgehead atoms. The lowest BCUT2D eigenvalue weighted by Crippen LogP contribution is -2.48. The van der Waals surface area contributed by atoms with Gasteiger partial charge in [0.05, 0.1) is 69.5 Å². The van der Waals surface area contributed by atoms with Crippen LogP contribution in [0.4, 0.5) is 0 Å². The third-order valence-corrected chi connectivity index (χ3v) is 21.4. The molecule has 0 radical (unpaired) electrons. The molecule has 5 nitrogen and oxygen atoms in total. The molecule has 7 heteroatoms. The molecule has 0 saturated carbocycles. The van der Waals surface area contributed by atoms with Crippen LogP contribution in [0.2, 0.25) is 37.3 Å². The van der Waals surface area contributed by atoms with E-state index in [-0.39, 0.29) is 6.61 Å². The van der Waals surface area contributed by atoms with Crippen LogP contribution in [0.25, 0.3) is 0 Å². The van der Waals surface area contributed by atoms with Crippen molar-refractivity contribution >= 4 is 26.5 Å². The minimum absolute atomic E-state index is 0.148. The topological polar surface area (TPSA) is 57.2 Å². The highest BCUT2D eigenvalue weighted by Crippen LogP contribution is 2.45. The molecule has 0 aliphatic heterocycles. The molecule has 0 heterocycles. The van der Waals surface area contributed by atoms with Gasteiger partial charge in [-0.1, -0.05) is 182 Å². The average molecular weight is 825 g/mol. The smallest absolute Gasteiger partial charge is 0.118 e. The summed E-state index contributed by atoms with van der Waals surface area (Å²) in [5.74, 6) is 1.59. The summed E-state index contributed by atoms with van der Waals surface area (Å²) in [7, 11) is -1.65. The van der Waals surface area contributed by atoms with E-state index >= 15 is 0 Å². The lowest BCUT2D eigenvalue weighted by molar-refractivity contribution is 0.0846. The molecule has 2 aliphatic carbocycles. The van der Waals surface area contributed by atoms with Crippen molar-refractivity contribution in [1.29, 1.82) is 0 Å². The van der Waals surface area contributed by atoms with E-state index in [1.54, 1.807) is 7.11 Å². The van der Waals surface area contributed by atoms with Crippen molar-refractivity contribution in [2.75, 3.05) is 33.5 Å². The van der Waals surface area contributed by atoms with E-state index in [9.17, 15) is 5.11 Å². The first kappa shape index (κ1) is 44.2. The summed E-state index contributed by atoms with van der Waals surface area (Å²) in [5.41, 5.74) is 7.31. The van der Waals surface area contributed by atoms with Crippen molar-refractivity contribution in [3.8, 4) is 5.75 Å². The Hall–Kier alpha value is -4.35. The van der Waals surface area contributed by atoms with Crippen molar-refractivity contribution in [1.82, 2.24) is 0 Å². The van der Waals surface area contributed by atoms with Gasteiger partial charge in [0, 0.05) is 11.8 Å². The molecule has 0 fully saturated rings. The Labute approximate surface area is 355 Å². The summed E-state index contributed by atoms with van der Waals surface area (Å²) in [5, 5.41) is 12.8. The fourth-order valence-corrected chi connectivity index (χ4v) is 16.0. The molecule has 4 atom stereocenters. The van der Waals surface area contributed by atoms with E-state index < -0.39 is 16.1 Å². The molecule has 5 aromatic rings. The Morgan fingerprint density at radius 1 is 0.475 bits per heavy atom. The SMILES string of the molecule is COc1ccc(COCC2=CCC([Si](C)(C)c3ccccc3)[C@H]2COCc2ccccc2)cc1.C[Si](C)(c1ccccc1)C1CC=C(CO)[C@@H]1COCc1ccccc1. The number of rotatable bonds is 18. The summed E-state index contributed by atoms with van der Waals surface area (Å²) < 4.78 is 23.8. The highest BCUT2D eigenvalue weighted by atomic mass is 28.3. The van der Waals surface area contributed by atoms with Gasteiger partial charge in [0.2, 0.25) is 0 Å². The van der Waals surface area contributed by atoms with Crippen molar-refractivity contribution in [2.45, 2.75) is 69.9 Å². The number of aliphatic hydroxyl groups is 1. The van der Waals surface area contributed by atoms with E-state index in [4.69, 9.17) is 18.9 Å². The summed E-state index contributed by atoms with van der Waals surface area (Å²) in [4.78, 5) is 0. The van der Waals surface area contributed by atoms with Gasteiger partial charge in [0.15, 0.2) is 0 Å². The van der Waals surface area contributed by atoms with Gasteiger partial charge in [-0.2, -0.15) is 0 Å². The van der Waals surface area contributed by atoms with Crippen LogP contribution in [0, 0.1) is 11.8 Å².